The van der Waals surface area contributed by atoms with E-state index >= 15 is 0 Å². The van der Waals surface area contributed by atoms with Gasteiger partial charge in [-0.15, -0.1) is 11.8 Å². The van der Waals surface area contributed by atoms with Crippen LogP contribution in [0.4, 0.5) is 0 Å². The van der Waals surface area contributed by atoms with Crippen molar-refractivity contribution >= 4 is 17.7 Å². The van der Waals surface area contributed by atoms with Gasteiger partial charge in [0.1, 0.15) is 0 Å². The topological polar surface area (TPSA) is 44.4 Å². The second-order valence-corrected chi connectivity index (χ2v) is 5.68. The molecule has 2 fully saturated rings. The Bertz CT molecular complexity index is 243. The van der Waals surface area contributed by atoms with Crippen molar-refractivity contribution < 1.29 is 4.79 Å². The van der Waals surface area contributed by atoms with Gasteiger partial charge in [0.25, 0.3) is 0 Å². The number of carbonyl (C=O) groups excluding carboxylic acids is 1. The molecule has 0 aliphatic carbocycles. The van der Waals surface area contributed by atoms with Crippen LogP contribution in [-0.2, 0) is 4.79 Å². The maximum atomic E-state index is 11.8. The Balaban J connectivity index is 1.71. The molecule has 5 heteroatoms. The number of carbonyl (C=O) groups is 1. The van der Waals surface area contributed by atoms with E-state index in [1.807, 2.05) is 0 Å². The zero-order valence-electron chi connectivity index (χ0n) is 9.87. The van der Waals surface area contributed by atoms with E-state index in [0.717, 1.165) is 24.7 Å². The summed E-state index contributed by atoms with van der Waals surface area (Å²) >= 11 is 1.79. The fraction of sp³-hybridized carbons (Fsp3) is 0.909. The van der Waals surface area contributed by atoms with E-state index in [1.54, 1.807) is 11.8 Å². The lowest BCUT2D eigenvalue weighted by molar-refractivity contribution is -0.122. The molecule has 1 amide bonds. The standard InChI is InChI=1S/C11H21N3OS/c1-14-5-3-2-4-9(14)6-12-11(15)10-7-16-8-13-10/h9-10,13H,2-8H2,1H3,(H,12,15). The summed E-state index contributed by atoms with van der Waals surface area (Å²) in [5, 5.41) is 6.26. The Morgan fingerprint density at radius 1 is 1.56 bits per heavy atom. The highest BCUT2D eigenvalue weighted by Gasteiger charge is 2.24. The van der Waals surface area contributed by atoms with Gasteiger partial charge in [-0.2, -0.15) is 0 Å². The van der Waals surface area contributed by atoms with Crippen LogP contribution in [0.3, 0.4) is 0 Å². The monoisotopic (exact) mass is 243 g/mol. The molecule has 4 nitrogen and oxygen atoms in total. The molecular weight excluding hydrogens is 222 g/mol. The van der Waals surface area contributed by atoms with Gasteiger partial charge in [-0.1, -0.05) is 6.42 Å². The third-order valence-corrected chi connectivity index (χ3v) is 4.41. The van der Waals surface area contributed by atoms with Crippen LogP contribution >= 0.6 is 11.8 Å². The van der Waals surface area contributed by atoms with Crippen molar-refractivity contribution in [1.29, 1.82) is 0 Å². The second kappa shape index (κ2) is 5.89. The van der Waals surface area contributed by atoms with Crippen molar-refractivity contribution in [2.45, 2.75) is 31.3 Å². The predicted molar refractivity (Wildman–Crippen MR) is 67.5 cm³/mol. The third kappa shape index (κ3) is 3.12. The molecule has 2 saturated heterocycles. The Kier molecular flexibility index (Phi) is 4.49. The largest absolute Gasteiger partial charge is 0.353 e. The molecule has 0 saturated carbocycles. The maximum absolute atomic E-state index is 11.8. The number of thioether (sulfide) groups is 1. The van der Waals surface area contributed by atoms with Crippen LogP contribution in [0.2, 0.25) is 0 Å². The number of likely N-dealkylation sites (tertiary alicyclic amines) is 1. The van der Waals surface area contributed by atoms with Gasteiger partial charge in [-0.05, 0) is 26.4 Å². The smallest absolute Gasteiger partial charge is 0.238 e. The van der Waals surface area contributed by atoms with E-state index in [1.165, 1.54) is 19.3 Å². The molecule has 0 aromatic rings. The van der Waals surface area contributed by atoms with Gasteiger partial charge >= 0.3 is 0 Å². The maximum Gasteiger partial charge on any atom is 0.238 e. The fourth-order valence-corrected chi connectivity index (χ4v) is 3.25. The van der Waals surface area contributed by atoms with Crippen LogP contribution in [0, 0.1) is 0 Å². The van der Waals surface area contributed by atoms with Crippen LogP contribution in [0.5, 0.6) is 0 Å². The van der Waals surface area contributed by atoms with E-state index in [9.17, 15) is 4.79 Å². The number of nitrogens with zero attached hydrogens (tertiary/aromatic N) is 1. The van der Waals surface area contributed by atoms with Gasteiger partial charge in [-0.3, -0.25) is 10.1 Å². The van der Waals surface area contributed by atoms with Gasteiger partial charge in [0.2, 0.25) is 5.91 Å². The van der Waals surface area contributed by atoms with E-state index in [4.69, 9.17) is 0 Å². The van der Waals surface area contributed by atoms with Gasteiger partial charge in [-0.25, -0.2) is 0 Å². The van der Waals surface area contributed by atoms with Crippen molar-refractivity contribution in [2.24, 2.45) is 0 Å². The molecule has 0 radical (unpaired) electrons. The summed E-state index contributed by atoms with van der Waals surface area (Å²) in [5.74, 6) is 1.98. The minimum atomic E-state index is 0.0268. The first-order chi connectivity index (χ1) is 7.77. The first-order valence-corrected chi connectivity index (χ1v) is 7.22. The molecule has 0 aromatic carbocycles. The number of hydrogen-bond donors (Lipinski definition) is 2. The van der Waals surface area contributed by atoms with Gasteiger partial charge in [0.15, 0.2) is 0 Å². The predicted octanol–water partition coefficient (Wildman–Crippen LogP) is 0.249. The lowest BCUT2D eigenvalue weighted by Gasteiger charge is -2.32. The normalized spacial score (nSPS) is 31.6. The lowest BCUT2D eigenvalue weighted by Crippen LogP contribution is -2.49. The lowest BCUT2D eigenvalue weighted by atomic mass is 10.0. The second-order valence-electron chi connectivity index (χ2n) is 4.65. The van der Waals surface area contributed by atoms with Crippen molar-refractivity contribution in [3.8, 4) is 0 Å². The zero-order valence-corrected chi connectivity index (χ0v) is 10.7. The summed E-state index contributed by atoms with van der Waals surface area (Å²) in [6, 6.07) is 0.561. The SMILES string of the molecule is CN1CCCCC1CNC(=O)C1CSCN1. The van der Waals surface area contributed by atoms with Gasteiger partial charge < -0.3 is 10.2 Å². The number of nitrogens with one attached hydrogen (secondary N) is 2. The Morgan fingerprint density at radius 3 is 3.12 bits per heavy atom. The summed E-state index contributed by atoms with van der Waals surface area (Å²) in [7, 11) is 2.15. The molecule has 2 unspecified atom stereocenters. The van der Waals surface area contributed by atoms with Crippen molar-refractivity contribution in [3.05, 3.63) is 0 Å². The molecule has 16 heavy (non-hydrogen) atoms. The van der Waals surface area contributed by atoms with Crippen LogP contribution in [0.25, 0.3) is 0 Å². The average Bonchev–Trinajstić information content (AvgIpc) is 2.81. The van der Waals surface area contributed by atoms with Crippen LogP contribution in [0.15, 0.2) is 0 Å². The number of piperidine rings is 1. The highest BCUT2D eigenvalue weighted by molar-refractivity contribution is 7.99. The number of likely N-dealkylation sites (N-methyl/N-ethyl adjacent to an activating group) is 1. The summed E-state index contributed by atoms with van der Waals surface area (Å²) in [6.45, 7) is 1.97. The first kappa shape index (κ1) is 12.2. The molecular formula is C11H21N3OS. The molecule has 0 bridgehead atoms. The highest BCUT2D eigenvalue weighted by Crippen LogP contribution is 2.14. The van der Waals surface area contributed by atoms with Crippen molar-refractivity contribution in [1.82, 2.24) is 15.5 Å². The Morgan fingerprint density at radius 2 is 2.44 bits per heavy atom. The van der Waals surface area contributed by atoms with E-state index < -0.39 is 0 Å². The van der Waals surface area contributed by atoms with E-state index in [0.29, 0.717) is 6.04 Å². The molecule has 2 atom stereocenters. The van der Waals surface area contributed by atoms with Crippen LogP contribution in [-0.4, -0.2) is 54.7 Å². The van der Waals surface area contributed by atoms with E-state index in [-0.39, 0.29) is 11.9 Å². The molecule has 92 valence electrons. The molecule has 2 aliphatic heterocycles. The summed E-state index contributed by atoms with van der Waals surface area (Å²) in [5.41, 5.74) is 0. The highest BCUT2D eigenvalue weighted by atomic mass is 32.2. The minimum absolute atomic E-state index is 0.0268. The minimum Gasteiger partial charge on any atom is -0.353 e. The summed E-state index contributed by atoms with van der Waals surface area (Å²) in [4.78, 5) is 14.2. The van der Waals surface area contributed by atoms with Crippen molar-refractivity contribution in [3.63, 3.8) is 0 Å². The van der Waals surface area contributed by atoms with Crippen molar-refractivity contribution in [2.75, 3.05) is 31.8 Å². The van der Waals surface area contributed by atoms with E-state index in [2.05, 4.69) is 22.6 Å². The Hall–Kier alpha value is -0.260. The third-order valence-electron chi connectivity index (χ3n) is 3.47. The van der Waals surface area contributed by atoms with Crippen LogP contribution in [0.1, 0.15) is 19.3 Å². The summed E-state index contributed by atoms with van der Waals surface area (Å²) < 4.78 is 0. The number of amides is 1. The van der Waals surface area contributed by atoms with Gasteiger partial charge in [0.05, 0.1) is 6.04 Å². The quantitative estimate of drug-likeness (QED) is 0.746. The molecule has 0 spiro atoms. The molecule has 2 rings (SSSR count). The summed E-state index contributed by atoms with van der Waals surface area (Å²) in [6.07, 6.45) is 3.80. The molecule has 2 heterocycles. The fourth-order valence-electron chi connectivity index (χ4n) is 2.31. The van der Waals surface area contributed by atoms with Gasteiger partial charge in [0, 0.05) is 24.2 Å². The molecule has 2 N–H and O–H groups in total. The zero-order chi connectivity index (χ0) is 11.4. The molecule has 2 aliphatic rings. The van der Waals surface area contributed by atoms with Crippen LogP contribution < -0.4 is 10.6 Å². The molecule has 0 aromatic heterocycles. The Labute approximate surface area is 102 Å². The number of hydrogen-bond acceptors (Lipinski definition) is 4. The number of rotatable bonds is 3. The first-order valence-electron chi connectivity index (χ1n) is 6.06. The average molecular weight is 243 g/mol.